The number of likely N-dealkylation sites (N-methyl/N-ethyl adjacent to an activating group) is 1. The average Bonchev–Trinajstić information content (AvgIpc) is 2.28. The Hall–Kier alpha value is -1.62. The Balaban J connectivity index is 2.53. The maximum absolute atomic E-state index is 11.6. The van der Waals surface area contributed by atoms with E-state index in [0.717, 1.165) is 18.9 Å². The summed E-state index contributed by atoms with van der Waals surface area (Å²) >= 11 is 0. The number of pyridine rings is 1. The molecule has 0 aromatic carbocycles. The van der Waals surface area contributed by atoms with Gasteiger partial charge in [-0.3, -0.25) is 4.79 Å². The van der Waals surface area contributed by atoms with Gasteiger partial charge in [0, 0.05) is 33.4 Å². The van der Waals surface area contributed by atoms with Crippen LogP contribution in [-0.2, 0) is 0 Å². The van der Waals surface area contributed by atoms with Crippen LogP contribution >= 0.6 is 0 Å². The molecule has 1 aromatic rings. The Morgan fingerprint density at radius 2 is 2.00 bits per heavy atom. The highest BCUT2D eigenvalue weighted by molar-refractivity contribution is 5.93. The standard InChI is InChI=1S/C12H20N4O/c1-15(2)8-7-13-11-6-5-10(9-14-11)12(17)16(3)4/h5-6,9H,7-8H2,1-4H3,(H,13,14). The molecule has 0 fully saturated rings. The largest absolute Gasteiger partial charge is 0.369 e. The third-order valence-electron chi connectivity index (χ3n) is 2.28. The van der Waals surface area contributed by atoms with E-state index < -0.39 is 0 Å². The maximum atomic E-state index is 11.6. The Labute approximate surface area is 102 Å². The van der Waals surface area contributed by atoms with Gasteiger partial charge in [-0.05, 0) is 26.2 Å². The van der Waals surface area contributed by atoms with Gasteiger partial charge in [0.05, 0.1) is 5.56 Å². The van der Waals surface area contributed by atoms with E-state index >= 15 is 0 Å². The Bertz CT molecular complexity index is 359. The average molecular weight is 236 g/mol. The predicted octanol–water partition coefficient (Wildman–Crippen LogP) is 0.757. The zero-order valence-corrected chi connectivity index (χ0v) is 10.9. The van der Waals surface area contributed by atoms with Crippen molar-refractivity contribution in [3.8, 4) is 0 Å². The number of nitrogens with zero attached hydrogens (tertiary/aromatic N) is 3. The summed E-state index contributed by atoms with van der Waals surface area (Å²) in [5, 5.41) is 3.19. The molecule has 0 saturated heterocycles. The number of hydrogen-bond acceptors (Lipinski definition) is 4. The molecule has 0 bridgehead atoms. The first-order valence-corrected chi connectivity index (χ1v) is 5.57. The van der Waals surface area contributed by atoms with Crippen LogP contribution in [0, 0.1) is 0 Å². The van der Waals surface area contributed by atoms with Crippen molar-refractivity contribution in [3.05, 3.63) is 23.9 Å². The van der Waals surface area contributed by atoms with Crippen LogP contribution in [0.5, 0.6) is 0 Å². The van der Waals surface area contributed by atoms with Crippen molar-refractivity contribution in [3.63, 3.8) is 0 Å². The van der Waals surface area contributed by atoms with Gasteiger partial charge in [-0.2, -0.15) is 0 Å². The Morgan fingerprint density at radius 1 is 1.29 bits per heavy atom. The van der Waals surface area contributed by atoms with E-state index in [1.54, 1.807) is 26.4 Å². The number of carbonyl (C=O) groups is 1. The number of carbonyl (C=O) groups excluding carboxylic acids is 1. The summed E-state index contributed by atoms with van der Waals surface area (Å²) in [6.07, 6.45) is 1.60. The summed E-state index contributed by atoms with van der Waals surface area (Å²) in [6.45, 7) is 1.78. The highest BCUT2D eigenvalue weighted by Gasteiger charge is 2.07. The second-order valence-electron chi connectivity index (χ2n) is 4.36. The summed E-state index contributed by atoms with van der Waals surface area (Å²) in [4.78, 5) is 19.5. The van der Waals surface area contributed by atoms with Gasteiger partial charge < -0.3 is 15.1 Å². The van der Waals surface area contributed by atoms with E-state index in [1.165, 1.54) is 4.90 Å². The van der Waals surface area contributed by atoms with E-state index in [1.807, 2.05) is 20.2 Å². The zero-order chi connectivity index (χ0) is 12.8. The second-order valence-corrected chi connectivity index (χ2v) is 4.36. The first-order valence-electron chi connectivity index (χ1n) is 5.57. The lowest BCUT2D eigenvalue weighted by molar-refractivity contribution is 0.0827. The molecular weight excluding hydrogens is 216 g/mol. The van der Waals surface area contributed by atoms with Crippen LogP contribution in [0.1, 0.15) is 10.4 Å². The molecular formula is C12H20N4O. The minimum absolute atomic E-state index is 0.0302. The Morgan fingerprint density at radius 3 is 2.47 bits per heavy atom. The summed E-state index contributed by atoms with van der Waals surface area (Å²) in [6, 6.07) is 3.61. The molecule has 0 saturated carbocycles. The smallest absolute Gasteiger partial charge is 0.254 e. The van der Waals surface area contributed by atoms with Crippen molar-refractivity contribution in [2.45, 2.75) is 0 Å². The number of aromatic nitrogens is 1. The van der Waals surface area contributed by atoms with Gasteiger partial charge in [0.15, 0.2) is 0 Å². The van der Waals surface area contributed by atoms with Crippen molar-refractivity contribution in [2.24, 2.45) is 0 Å². The molecule has 0 unspecified atom stereocenters. The fourth-order valence-electron chi connectivity index (χ4n) is 1.29. The van der Waals surface area contributed by atoms with Crippen LogP contribution in [0.2, 0.25) is 0 Å². The highest BCUT2D eigenvalue weighted by atomic mass is 16.2. The van der Waals surface area contributed by atoms with Gasteiger partial charge in [-0.25, -0.2) is 4.98 Å². The van der Waals surface area contributed by atoms with Gasteiger partial charge in [0.2, 0.25) is 0 Å². The van der Waals surface area contributed by atoms with E-state index in [2.05, 4.69) is 15.2 Å². The maximum Gasteiger partial charge on any atom is 0.254 e. The number of nitrogens with one attached hydrogen (secondary N) is 1. The molecule has 1 aromatic heterocycles. The lowest BCUT2D eigenvalue weighted by atomic mass is 10.2. The number of rotatable bonds is 5. The molecule has 0 aliphatic rings. The third kappa shape index (κ3) is 4.40. The van der Waals surface area contributed by atoms with Gasteiger partial charge in [0.25, 0.3) is 5.91 Å². The molecule has 1 rings (SSSR count). The van der Waals surface area contributed by atoms with Gasteiger partial charge in [0.1, 0.15) is 5.82 Å². The number of amides is 1. The summed E-state index contributed by atoms with van der Waals surface area (Å²) in [7, 11) is 7.50. The highest BCUT2D eigenvalue weighted by Crippen LogP contribution is 2.06. The first-order chi connectivity index (χ1) is 8.00. The van der Waals surface area contributed by atoms with Gasteiger partial charge in [-0.15, -0.1) is 0 Å². The van der Waals surface area contributed by atoms with Crippen LogP contribution < -0.4 is 5.32 Å². The van der Waals surface area contributed by atoms with Crippen LogP contribution in [-0.4, -0.2) is 62.0 Å². The monoisotopic (exact) mass is 236 g/mol. The fourth-order valence-corrected chi connectivity index (χ4v) is 1.29. The molecule has 94 valence electrons. The zero-order valence-electron chi connectivity index (χ0n) is 10.9. The molecule has 0 atom stereocenters. The summed E-state index contributed by atoms with van der Waals surface area (Å²) in [5.74, 6) is 0.763. The first kappa shape index (κ1) is 13.4. The molecule has 5 nitrogen and oxygen atoms in total. The predicted molar refractivity (Wildman–Crippen MR) is 69.3 cm³/mol. The molecule has 0 aliphatic heterocycles. The van der Waals surface area contributed by atoms with Gasteiger partial charge in [-0.1, -0.05) is 0 Å². The molecule has 0 spiro atoms. The van der Waals surface area contributed by atoms with E-state index in [-0.39, 0.29) is 5.91 Å². The molecule has 1 amide bonds. The van der Waals surface area contributed by atoms with Crippen LogP contribution in [0.15, 0.2) is 18.3 Å². The molecule has 1 N–H and O–H groups in total. The van der Waals surface area contributed by atoms with Crippen LogP contribution in [0.3, 0.4) is 0 Å². The minimum atomic E-state index is -0.0302. The molecule has 0 radical (unpaired) electrons. The molecule has 5 heteroatoms. The van der Waals surface area contributed by atoms with Crippen LogP contribution in [0.4, 0.5) is 5.82 Å². The SMILES string of the molecule is CN(C)CCNc1ccc(C(=O)N(C)C)cn1. The summed E-state index contributed by atoms with van der Waals surface area (Å²) in [5.41, 5.74) is 0.605. The quantitative estimate of drug-likeness (QED) is 0.820. The lowest BCUT2D eigenvalue weighted by Crippen LogP contribution is -2.22. The normalized spacial score (nSPS) is 10.4. The molecule has 0 aliphatic carbocycles. The molecule has 1 heterocycles. The van der Waals surface area contributed by atoms with E-state index in [9.17, 15) is 4.79 Å². The third-order valence-corrected chi connectivity index (χ3v) is 2.28. The molecule has 17 heavy (non-hydrogen) atoms. The minimum Gasteiger partial charge on any atom is -0.369 e. The van der Waals surface area contributed by atoms with E-state index in [0.29, 0.717) is 5.56 Å². The second kappa shape index (κ2) is 6.20. The topological polar surface area (TPSA) is 48.5 Å². The van der Waals surface area contributed by atoms with Crippen molar-refractivity contribution >= 4 is 11.7 Å². The van der Waals surface area contributed by atoms with Crippen molar-refractivity contribution in [1.29, 1.82) is 0 Å². The Kier molecular flexibility index (Phi) is 4.90. The lowest BCUT2D eigenvalue weighted by Gasteiger charge is -2.12. The van der Waals surface area contributed by atoms with Crippen molar-refractivity contribution in [1.82, 2.24) is 14.8 Å². The van der Waals surface area contributed by atoms with Gasteiger partial charge >= 0.3 is 0 Å². The van der Waals surface area contributed by atoms with Crippen molar-refractivity contribution in [2.75, 3.05) is 46.6 Å². The number of hydrogen-bond donors (Lipinski definition) is 1. The van der Waals surface area contributed by atoms with E-state index in [4.69, 9.17) is 0 Å². The van der Waals surface area contributed by atoms with Crippen LogP contribution in [0.25, 0.3) is 0 Å². The number of anilines is 1. The summed E-state index contributed by atoms with van der Waals surface area (Å²) < 4.78 is 0. The van der Waals surface area contributed by atoms with Crippen molar-refractivity contribution < 1.29 is 4.79 Å². The fraction of sp³-hybridized carbons (Fsp3) is 0.500.